The molecule has 1 aliphatic rings. The van der Waals surface area contributed by atoms with Gasteiger partial charge in [-0.15, -0.1) is 0 Å². The van der Waals surface area contributed by atoms with Gasteiger partial charge >= 0.3 is 5.97 Å². The van der Waals surface area contributed by atoms with Crippen molar-refractivity contribution in [2.24, 2.45) is 5.73 Å². The molecule has 6 heteroatoms. The molecule has 5 nitrogen and oxygen atoms in total. The van der Waals surface area contributed by atoms with E-state index in [1.165, 1.54) is 0 Å². The van der Waals surface area contributed by atoms with Crippen molar-refractivity contribution in [3.05, 3.63) is 84.4 Å². The van der Waals surface area contributed by atoms with Gasteiger partial charge in [0.1, 0.15) is 0 Å². The number of carbonyl (C=O) groups is 2. The number of anilines is 2. The number of carbonyl (C=O) groups excluding carboxylic acids is 2. The lowest BCUT2D eigenvalue weighted by atomic mass is 10.1. The lowest BCUT2D eigenvalue weighted by Crippen LogP contribution is -2.28. The third-order valence-electron chi connectivity index (χ3n) is 4.68. The van der Waals surface area contributed by atoms with E-state index in [-0.39, 0.29) is 6.42 Å². The van der Waals surface area contributed by atoms with Crippen LogP contribution in [-0.4, -0.2) is 18.4 Å². The maximum Gasteiger partial charge on any atom is 0.308 e. The normalized spacial score (nSPS) is 13.2. The highest BCUT2D eigenvalue weighted by molar-refractivity contribution is 7.99. The molecule has 0 aliphatic carbocycles. The molecular formula is C23H20N2O3S. The summed E-state index contributed by atoms with van der Waals surface area (Å²) in [7, 11) is 0. The van der Waals surface area contributed by atoms with Crippen LogP contribution in [0.15, 0.2) is 88.7 Å². The maximum atomic E-state index is 12.5. The summed E-state index contributed by atoms with van der Waals surface area (Å²) in [6, 6.07) is 25.0. The highest BCUT2D eigenvalue weighted by Crippen LogP contribution is 2.47. The number of rotatable bonds is 6. The molecule has 3 aromatic rings. The Kier molecular flexibility index (Phi) is 5.53. The van der Waals surface area contributed by atoms with Crippen LogP contribution in [0, 0.1) is 0 Å². The van der Waals surface area contributed by atoms with Crippen molar-refractivity contribution in [1.29, 1.82) is 0 Å². The molecule has 3 aromatic carbocycles. The quantitative estimate of drug-likeness (QED) is 0.615. The lowest BCUT2D eigenvalue weighted by molar-refractivity contribution is -0.155. The first kappa shape index (κ1) is 19.1. The first-order valence-corrected chi connectivity index (χ1v) is 10.1. The Morgan fingerprint density at radius 3 is 2.00 bits per heavy atom. The molecule has 0 saturated heterocycles. The molecule has 1 unspecified atom stereocenters. The predicted molar refractivity (Wildman–Crippen MR) is 113 cm³/mol. The van der Waals surface area contributed by atoms with Crippen molar-refractivity contribution in [1.82, 2.24) is 0 Å². The number of para-hydroxylation sites is 2. The van der Waals surface area contributed by atoms with E-state index < -0.39 is 18.0 Å². The fraction of sp³-hybridized carbons (Fsp3) is 0.130. The van der Waals surface area contributed by atoms with Crippen molar-refractivity contribution in [3.8, 4) is 0 Å². The molecule has 0 spiro atoms. The van der Waals surface area contributed by atoms with Crippen molar-refractivity contribution < 1.29 is 14.3 Å². The largest absolute Gasteiger partial charge is 0.447 e. The molecule has 2 N–H and O–H groups in total. The number of benzene rings is 3. The van der Waals surface area contributed by atoms with Gasteiger partial charge in [-0.25, -0.2) is 0 Å². The number of ether oxygens (including phenoxy) is 1. The van der Waals surface area contributed by atoms with E-state index in [4.69, 9.17) is 10.5 Å². The molecule has 0 saturated carbocycles. The van der Waals surface area contributed by atoms with E-state index in [9.17, 15) is 9.59 Å². The Labute approximate surface area is 173 Å². The van der Waals surface area contributed by atoms with E-state index in [0.717, 1.165) is 21.2 Å². The van der Waals surface area contributed by atoms with E-state index in [1.807, 2.05) is 42.5 Å². The van der Waals surface area contributed by atoms with E-state index in [0.29, 0.717) is 12.1 Å². The minimum atomic E-state index is -1.08. The van der Waals surface area contributed by atoms with Gasteiger partial charge < -0.3 is 15.4 Å². The zero-order valence-electron chi connectivity index (χ0n) is 15.7. The minimum absolute atomic E-state index is 0.129. The van der Waals surface area contributed by atoms with Crippen LogP contribution < -0.4 is 10.6 Å². The van der Waals surface area contributed by atoms with Crippen molar-refractivity contribution in [2.75, 3.05) is 11.4 Å². The molecule has 0 aromatic heterocycles. The maximum absolute atomic E-state index is 12.5. The highest BCUT2D eigenvalue weighted by atomic mass is 32.2. The monoisotopic (exact) mass is 404 g/mol. The fourth-order valence-corrected chi connectivity index (χ4v) is 4.43. The number of amides is 1. The Morgan fingerprint density at radius 2 is 1.41 bits per heavy atom. The third kappa shape index (κ3) is 4.12. The van der Waals surface area contributed by atoms with Gasteiger partial charge in [0.05, 0.1) is 17.8 Å². The summed E-state index contributed by atoms with van der Waals surface area (Å²) in [5.41, 5.74) is 8.13. The molecule has 0 bridgehead atoms. The average molecular weight is 404 g/mol. The van der Waals surface area contributed by atoms with Crippen molar-refractivity contribution >= 4 is 35.0 Å². The van der Waals surface area contributed by atoms with Crippen molar-refractivity contribution in [2.45, 2.75) is 22.3 Å². The van der Waals surface area contributed by atoms with Crippen LogP contribution in [-0.2, 0) is 14.3 Å². The fourth-order valence-electron chi connectivity index (χ4n) is 3.33. The summed E-state index contributed by atoms with van der Waals surface area (Å²) >= 11 is 1.71. The Balaban J connectivity index is 1.50. The van der Waals surface area contributed by atoms with Crippen LogP contribution in [0.5, 0.6) is 0 Å². The van der Waals surface area contributed by atoms with Gasteiger partial charge in [-0.1, -0.05) is 66.4 Å². The Bertz CT molecular complexity index is 994. The molecule has 1 aliphatic heterocycles. The minimum Gasteiger partial charge on any atom is -0.447 e. The van der Waals surface area contributed by atoms with E-state index >= 15 is 0 Å². The van der Waals surface area contributed by atoms with Crippen LogP contribution in [0.4, 0.5) is 11.4 Å². The number of primary amides is 1. The van der Waals surface area contributed by atoms with Crippen LogP contribution in [0.2, 0.25) is 0 Å². The van der Waals surface area contributed by atoms with Gasteiger partial charge in [0.15, 0.2) is 0 Å². The van der Waals surface area contributed by atoms with Gasteiger partial charge in [-0.3, -0.25) is 9.59 Å². The zero-order valence-corrected chi connectivity index (χ0v) is 16.5. The van der Waals surface area contributed by atoms with E-state index in [1.54, 1.807) is 36.0 Å². The zero-order chi connectivity index (χ0) is 20.2. The van der Waals surface area contributed by atoms with Crippen LogP contribution in [0.3, 0.4) is 0 Å². The first-order valence-electron chi connectivity index (χ1n) is 9.30. The summed E-state index contributed by atoms with van der Waals surface area (Å²) in [5, 5.41) is 0. The molecule has 1 atom stereocenters. The molecular weight excluding hydrogens is 384 g/mol. The van der Waals surface area contributed by atoms with E-state index in [2.05, 4.69) is 17.0 Å². The number of nitrogens with two attached hydrogens (primary N) is 1. The molecule has 29 heavy (non-hydrogen) atoms. The number of hydrogen-bond acceptors (Lipinski definition) is 5. The van der Waals surface area contributed by atoms with Gasteiger partial charge in [0.2, 0.25) is 6.10 Å². The smallest absolute Gasteiger partial charge is 0.308 e. The summed E-state index contributed by atoms with van der Waals surface area (Å²) in [6.07, 6.45) is -0.954. The third-order valence-corrected chi connectivity index (χ3v) is 5.81. The molecule has 146 valence electrons. The second-order valence-electron chi connectivity index (χ2n) is 6.62. The highest BCUT2D eigenvalue weighted by Gasteiger charge is 2.26. The van der Waals surface area contributed by atoms with Crippen LogP contribution in [0.25, 0.3) is 0 Å². The topological polar surface area (TPSA) is 72.6 Å². The first-order chi connectivity index (χ1) is 14.1. The number of nitrogens with zero attached hydrogens (tertiary/aromatic N) is 1. The number of hydrogen-bond donors (Lipinski definition) is 1. The standard InChI is InChI=1S/C23H20N2O3S/c24-23(27)22(16-8-2-1-3-9-16)28-21(26)14-15-25-17-10-4-6-12-19(17)29-20-13-7-5-11-18(20)25/h1-13,22H,14-15H2,(H2,24,27). The van der Waals surface area contributed by atoms with Crippen LogP contribution in [0.1, 0.15) is 18.1 Å². The van der Waals surface area contributed by atoms with Gasteiger partial charge in [0.25, 0.3) is 5.91 Å². The second kappa shape index (κ2) is 8.41. The molecule has 1 amide bonds. The Hall–Kier alpha value is -3.25. The summed E-state index contributed by atoms with van der Waals surface area (Å²) in [6.45, 7) is 0.438. The summed E-state index contributed by atoms with van der Waals surface area (Å²) in [4.78, 5) is 28.7. The molecule has 0 fully saturated rings. The summed E-state index contributed by atoms with van der Waals surface area (Å²) < 4.78 is 5.42. The lowest BCUT2D eigenvalue weighted by Gasteiger charge is -2.32. The van der Waals surface area contributed by atoms with Gasteiger partial charge in [-0.2, -0.15) is 0 Å². The predicted octanol–water partition coefficient (Wildman–Crippen LogP) is 4.45. The number of esters is 1. The van der Waals surface area contributed by atoms with Gasteiger partial charge in [-0.05, 0) is 24.3 Å². The molecule has 0 radical (unpaired) electrons. The average Bonchev–Trinajstić information content (AvgIpc) is 2.75. The number of fused-ring (bicyclic) bond motifs is 2. The van der Waals surface area contributed by atoms with Crippen LogP contribution >= 0.6 is 11.8 Å². The summed E-state index contributed by atoms with van der Waals surface area (Å²) in [5.74, 6) is -1.15. The second-order valence-corrected chi connectivity index (χ2v) is 7.71. The molecule has 4 rings (SSSR count). The van der Waals surface area contributed by atoms with Crippen molar-refractivity contribution in [3.63, 3.8) is 0 Å². The SMILES string of the molecule is NC(=O)C(OC(=O)CCN1c2ccccc2Sc2ccccc21)c1ccccc1. The molecule has 1 heterocycles. The van der Waals surface area contributed by atoms with Gasteiger partial charge in [0, 0.05) is 21.9 Å². The Morgan fingerprint density at radius 1 is 0.862 bits per heavy atom.